The lowest BCUT2D eigenvalue weighted by atomic mass is 10.2. The van der Waals surface area contributed by atoms with E-state index in [0.29, 0.717) is 17.2 Å². The molecule has 0 radical (unpaired) electrons. The average molecular weight is 327 g/mol. The molecule has 4 nitrogen and oxygen atoms in total. The van der Waals surface area contributed by atoms with Gasteiger partial charge in [-0.25, -0.2) is 16.8 Å². The lowest BCUT2D eigenvalue weighted by Gasteiger charge is -2.00. The van der Waals surface area contributed by atoms with Crippen molar-refractivity contribution >= 4 is 29.5 Å². The van der Waals surface area contributed by atoms with Gasteiger partial charge in [-0.3, -0.25) is 0 Å². The van der Waals surface area contributed by atoms with Gasteiger partial charge >= 0.3 is 0 Å². The minimum Gasteiger partial charge on any atom is -0.228 e. The van der Waals surface area contributed by atoms with Gasteiger partial charge in [0.05, 0.1) is 17.3 Å². The van der Waals surface area contributed by atoms with Crippen LogP contribution in [0.1, 0.15) is 32.6 Å². The van der Waals surface area contributed by atoms with E-state index < -0.39 is 18.7 Å². The molecule has 0 atom stereocenters. The van der Waals surface area contributed by atoms with E-state index in [-0.39, 0.29) is 17.3 Å². The lowest BCUT2D eigenvalue weighted by molar-refractivity contribution is 0.600. The van der Waals surface area contributed by atoms with Crippen LogP contribution in [0.3, 0.4) is 0 Å². The average Bonchev–Trinajstić information content (AvgIpc) is 2.30. The van der Waals surface area contributed by atoms with Crippen LogP contribution < -0.4 is 0 Å². The van der Waals surface area contributed by atoms with Crippen LogP contribution in [0.4, 0.5) is 0 Å². The third-order valence-corrected chi connectivity index (χ3v) is 6.81. The third kappa shape index (κ3) is 11.3. The van der Waals surface area contributed by atoms with Crippen LogP contribution in [0.15, 0.2) is 24.1 Å². The van der Waals surface area contributed by atoms with Crippen molar-refractivity contribution in [3.8, 4) is 0 Å². The molecule has 7 heteroatoms. The number of sulfone groups is 1. The van der Waals surface area contributed by atoms with Gasteiger partial charge in [0, 0.05) is 0 Å². The van der Waals surface area contributed by atoms with Crippen molar-refractivity contribution in [1.82, 2.24) is 0 Å². The van der Waals surface area contributed by atoms with Crippen molar-refractivity contribution in [3.05, 3.63) is 24.1 Å². The fourth-order valence-electron chi connectivity index (χ4n) is 1.31. The molecule has 0 aliphatic heterocycles. The zero-order valence-corrected chi connectivity index (χ0v) is 13.7. The Morgan fingerprint density at radius 3 is 2.32 bits per heavy atom. The first-order valence-electron chi connectivity index (χ1n) is 6.20. The molecule has 0 aliphatic carbocycles. The number of hydrogen-bond acceptors (Lipinski definition) is 5. The monoisotopic (exact) mass is 326 g/mol. The molecule has 0 bridgehead atoms. The van der Waals surface area contributed by atoms with E-state index in [0.717, 1.165) is 19.3 Å². The van der Waals surface area contributed by atoms with Crippen LogP contribution in [0.2, 0.25) is 0 Å². The van der Waals surface area contributed by atoms with Crippen molar-refractivity contribution in [2.45, 2.75) is 32.6 Å². The first-order chi connectivity index (χ1) is 8.83. The van der Waals surface area contributed by atoms with E-state index in [9.17, 15) is 16.8 Å². The van der Waals surface area contributed by atoms with E-state index in [2.05, 4.69) is 13.5 Å². The minimum atomic E-state index is -3.19. The normalized spacial score (nSPS) is 12.9. The highest BCUT2D eigenvalue weighted by molar-refractivity contribution is 8.73. The highest BCUT2D eigenvalue weighted by Crippen LogP contribution is 2.17. The van der Waals surface area contributed by atoms with Crippen LogP contribution in [0, 0.1) is 0 Å². The fourth-order valence-corrected chi connectivity index (χ4v) is 4.70. The Hall–Kier alpha value is -0.270. The Bertz CT molecular complexity index is 475. The van der Waals surface area contributed by atoms with Crippen LogP contribution >= 0.6 is 10.8 Å². The highest BCUT2D eigenvalue weighted by Gasteiger charge is 2.09. The Balaban J connectivity index is 4.06. The minimum absolute atomic E-state index is 0.0915. The molecular formula is C12H22O4S3. The predicted molar refractivity (Wildman–Crippen MR) is 83.5 cm³/mol. The summed E-state index contributed by atoms with van der Waals surface area (Å²) in [5.41, 5.74) is 0. The molecule has 0 N–H and O–H groups in total. The first-order valence-corrected chi connectivity index (χ1v) is 11.1. The Kier molecular flexibility index (Phi) is 9.47. The van der Waals surface area contributed by atoms with Crippen molar-refractivity contribution < 1.29 is 16.8 Å². The van der Waals surface area contributed by atoms with Crippen LogP contribution in [-0.2, 0) is 18.7 Å². The Labute approximate surface area is 120 Å². The topological polar surface area (TPSA) is 68.3 Å². The summed E-state index contributed by atoms with van der Waals surface area (Å²) in [6.45, 7) is 5.42. The van der Waals surface area contributed by atoms with Crippen LogP contribution in [0.25, 0.3) is 0 Å². The quantitative estimate of drug-likeness (QED) is 0.332. The maximum absolute atomic E-state index is 11.6. The van der Waals surface area contributed by atoms with Crippen LogP contribution in [0.5, 0.6) is 0 Å². The zero-order valence-electron chi connectivity index (χ0n) is 11.2. The molecule has 0 unspecified atom stereocenters. The van der Waals surface area contributed by atoms with Gasteiger partial charge in [-0.15, -0.1) is 6.58 Å². The summed E-state index contributed by atoms with van der Waals surface area (Å²) in [6.07, 6.45) is 6.36. The van der Waals surface area contributed by atoms with Crippen molar-refractivity contribution in [2.24, 2.45) is 0 Å². The molecule has 0 amide bonds. The first kappa shape index (κ1) is 18.7. The summed E-state index contributed by atoms with van der Waals surface area (Å²) >= 11 is 0. The predicted octanol–water partition coefficient (Wildman–Crippen LogP) is 2.74. The van der Waals surface area contributed by atoms with Crippen molar-refractivity contribution in [2.75, 3.05) is 17.3 Å². The van der Waals surface area contributed by atoms with Gasteiger partial charge in [-0.1, -0.05) is 38.3 Å². The molecule has 0 aromatic heterocycles. The molecule has 0 spiro atoms. The molecule has 112 valence electrons. The highest BCUT2D eigenvalue weighted by atomic mass is 33.1. The second-order valence-corrected chi connectivity index (χ2v) is 10.4. The van der Waals surface area contributed by atoms with Gasteiger partial charge in [-0.05, 0) is 22.6 Å². The molecule has 19 heavy (non-hydrogen) atoms. The molecule has 0 saturated heterocycles. The Morgan fingerprint density at radius 1 is 1.05 bits per heavy atom. The third-order valence-electron chi connectivity index (χ3n) is 2.27. The van der Waals surface area contributed by atoms with E-state index in [1.807, 2.05) is 0 Å². The van der Waals surface area contributed by atoms with Crippen molar-refractivity contribution in [1.29, 1.82) is 0 Å². The van der Waals surface area contributed by atoms with Gasteiger partial charge in [0.2, 0.25) is 8.87 Å². The van der Waals surface area contributed by atoms with Crippen molar-refractivity contribution in [3.63, 3.8) is 0 Å². The van der Waals surface area contributed by atoms with Gasteiger partial charge in [-0.2, -0.15) is 0 Å². The Morgan fingerprint density at radius 2 is 1.74 bits per heavy atom. The fraction of sp³-hybridized carbons (Fsp3) is 0.667. The van der Waals surface area contributed by atoms with E-state index in [4.69, 9.17) is 0 Å². The van der Waals surface area contributed by atoms with E-state index in [1.54, 1.807) is 0 Å². The summed E-state index contributed by atoms with van der Waals surface area (Å²) in [5, 5.41) is 1.34. The van der Waals surface area contributed by atoms with Gasteiger partial charge in [0.15, 0.2) is 9.84 Å². The summed E-state index contributed by atoms with van der Waals surface area (Å²) in [5.74, 6) is -0.107. The molecule has 0 aromatic carbocycles. The molecule has 0 aromatic rings. The maximum Gasteiger partial charge on any atom is 0.205 e. The molecule has 0 heterocycles. The van der Waals surface area contributed by atoms with E-state index >= 15 is 0 Å². The zero-order chi connectivity index (χ0) is 14.8. The summed E-state index contributed by atoms with van der Waals surface area (Å²) in [7, 11) is -5.67. The molecule has 0 rings (SSSR count). The molecule has 0 aliphatic rings. The molecule has 0 saturated carbocycles. The van der Waals surface area contributed by atoms with Crippen LogP contribution in [-0.4, -0.2) is 34.1 Å². The van der Waals surface area contributed by atoms with E-state index in [1.165, 1.54) is 17.6 Å². The number of unbranched alkanes of at least 4 members (excludes halogenated alkanes) is 3. The van der Waals surface area contributed by atoms with Gasteiger partial charge in [0.1, 0.15) is 0 Å². The maximum atomic E-state index is 11.6. The largest absolute Gasteiger partial charge is 0.228 e. The molecular weight excluding hydrogens is 304 g/mol. The second-order valence-electron chi connectivity index (χ2n) is 4.16. The summed E-state index contributed by atoms with van der Waals surface area (Å²) in [6, 6.07) is 0. The molecule has 0 fully saturated rings. The summed E-state index contributed by atoms with van der Waals surface area (Å²) in [4.78, 5) is 0. The standard InChI is InChI=1S/C12H22O4S3/c1-3-5-6-7-12-19(15,16)17-9-8-11-18(13,14)10-4-2/h4,8-9H,2-3,5-7,10-12H2,1H3/b9-8+. The summed E-state index contributed by atoms with van der Waals surface area (Å²) < 4.78 is 45.8. The smallest absolute Gasteiger partial charge is 0.205 e. The number of rotatable bonds is 11. The SMILES string of the molecule is C=CCS(=O)(=O)C/C=C/SS(=O)(=O)CCCCCC. The second kappa shape index (κ2) is 9.61. The van der Waals surface area contributed by atoms with Gasteiger partial charge in [0.25, 0.3) is 0 Å². The van der Waals surface area contributed by atoms with Gasteiger partial charge < -0.3 is 0 Å². The number of hydrogen-bond donors (Lipinski definition) is 0. The lowest BCUT2D eigenvalue weighted by Crippen LogP contribution is -2.07.